The van der Waals surface area contributed by atoms with Gasteiger partial charge in [0.05, 0.1) is 0 Å². The van der Waals surface area contributed by atoms with Crippen molar-refractivity contribution in [2.45, 2.75) is 36.0 Å². The topological polar surface area (TPSA) is 43.1 Å². The minimum absolute atomic E-state index is 0.0876. The Labute approximate surface area is 110 Å². The van der Waals surface area contributed by atoms with Gasteiger partial charge >= 0.3 is 0 Å². The summed E-state index contributed by atoms with van der Waals surface area (Å²) in [5, 5.41) is 0.470. The van der Waals surface area contributed by atoms with Crippen molar-refractivity contribution < 1.29 is 4.21 Å². The van der Waals surface area contributed by atoms with Crippen molar-refractivity contribution in [1.82, 2.24) is 0 Å². The summed E-state index contributed by atoms with van der Waals surface area (Å²) in [4.78, 5) is 1.36. The summed E-state index contributed by atoms with van der Waals surface area (Å²) < 4.78 is 11.9. The van der Waals surface area contributed by atoms with Gasteiger partial charge in [0.25, 0.3) is 0 Å². The number of thioether (sulfide) groups is 1. The van der Waals surface area contributed by atoms with E-state index in [2.05, 4.69) is 24.3 Å². The maximum atomic E-state index is 11.9. The molecule has 1 aromatic carbocycles. The van der Waals surface area contributed by atoms with Gasteiger partial charge in [0.15, 0.2) is 0 Å². The third kappa shape index (κ3) is 3.57. The van der Waals surface area contributed by atoms with Crippen molar-refractivity contribution in [3.8, 4) is 0 Å². The van der Waals surface area contributed by atoms with Crippen molar-refractivity contribution in [2.24, 2.45) is 5.73 Å². The molecule has 0 aliphatic carbocycles. The van der Waals surface area contributed by atoms with Crippen LogP contribution < -0.4 is 5.73 Å². The summed E-state index contributed by atoms with van der Waals surface area (Å²) >= 11 is 1.87. The molecule has 1 aliphatic rings. The quantitative estimate of drug-likeness (QED) is 0.891. The number of nitrogens with two attached hydrogens (primary N) is 1. The lowest BCUT2D eigenvalue weighted by Gasteiger charge is -2.11. The minimum atomic E-state index is -0.774. The monoisotopic (exact) mass is 269 g/mol. The van der Waals surface area contributed by atoms with Crippen molar-refractivity contribution in [1.29, 1.82) is 0 Å². The summed E-state index contributed by atoms with van der Waals surface area (Å²) in [7, 11) is -0.774. The second kappa shape index (κ2) is 6.03. The maximum Gasteiger partial charge on any atom is 0.0386 e. The zero-order valence-electron chi connectivity index (χ0n) is 10.1. The van der Waals surface area contributed by atoms with Gasteiger partial charge in [0.1, 0.15) is 0 Å². The fourth-order valence-corrected chi connectivity index (χ4v) is 5.17. The number of fused-ring (bicyclic) bond motifs is 1. The first-order valence-corrected chi connectivity index (χ1v) is 8.41. The third-order valence-electron chi connectivity index (χ3n) is 3.01. The molecule has 0 radical (unpaired) electrons. The van der Waals surface area contributed by atoms with Gasteiger partial charge in [-0.1, -0.05) is 25.1 Å². The molecule has 0 saturated heterocycles. The molecular weight excluding hydrogens is 250 g/mol. The lowest BCUT2D eigenvalue weighted by Crippen LogP contribution is -2.28. The highest BCUT2D eigenvalue weighted by molar-refractivity contribution is 8.01. The number of benzene rings is 1. The number of hydrogen-bond donors (Lipinski definition) is 1. The molecule has 3 atom stereocenters. The van der Waals surface area contributed by atoms with E-state index < -0.39 is 10.8 Å². The SMILES string of the molecule is CCC(N)CS(=O)CC1Cc2ccccc2S1. The first-order chi connectivity index (χ1) is 8.19. The van der Waals surface area contributed by atoms with Gasteiger partial charge in [-0.15, -0.1) is 11.8 Å². The summed E-state index contributed by atoms with van der Waals surface area (Å²) in [6, 6.07) is 8.55. The molecule has 2 rings (SSSR count). The molecule has 0 bridgehead atoms. The second-order valence-electron chi connectivity index (χ2n) is 4.49. The van der Waals surface area contributed by atoms with E-state index in [0.717, 1.165) is 18.6 Å². The molecule has 3 unspecified atom stereocenters. The van der Waals surface area contributed by atoms with Crippen molar-refractivity contribution in [3.63, 3.8) is 0 Å². The molecular formula is C13H19NOS2. The Morgan fingerprint density at radius 1 is 1.53 bits per heavy atom. The summed E-state index contributed by atoms with van der Waals surface area (Å²) in [5.74, 6) is 1.41. The van der Waals surface area contributed by atoms with Gasteiger partial charge in [0, 0.05) is 38.5 Å². The molecule has 0 spiro atoms. The maximum absolute atomic E-state index is 11.9. The number of rotatable bonds is 5. The molecule has 0 amide bonds. The van der Waals surface area contributed by atoms with Crippen LogP contribution >= 0.6 is 11.8 Å². The van der Waals surface area contributed by atoms with Gasteiger partial charge in [0.2, 0.25) is 0 Å². The van der Waals surface area contributed by atoms with E-state index in [-0.39, 0.29) is 6.04 Å². The summed E-state index contributed by atoms with van der Waals surface area (Å²) in [6.45, 7) is 2.04. The Morgan fingerprint density at radius 2 is 2.29 bits per heavy atom. The van der Waals surface area contributed by atoms with E-state index in [9.17, 15) is 4.21 Å². The van der Waals surface area contributed by atoms with Crippen LogP contribution in [0.25, 0.3) is 0 Å². The van der Waals surface area contributed by atoms with Gasteiger partial charge in [-0.25, -0.2) is 0 Å². The highest BCUT2D eigenvalue weighted by atomic mass is 32.2. The Kier molecular flexibility index (Phi) is 4.65. The van der Waals surface area contributed by atoms with Gasteiger partial charge in [-0.05, 0) is 24.5 Å². The first-order valence-electron chi connectivity index (χ1n) is 6.04. The number of hydrogen-bond acceptors (Lipinski definition) is 3. The fourth-order valence-electron chi connectivity index (χ4n) is 1.98. The van der Waals surface area contributed by atoms with Crippen molar-refractivity contribution >= 4 is 22.6 Å². The fraction of sp³-hybridized carbons (Fsp3) is 0.538. The van der Waals surface area contributed by atoms with Gasteiger partial charge in [-0.3, -0.25) is 4.21 Å². The van der Waals surface area contributed by atoms with Crippen LogP contribution in [0.1, 0.15) is 18.9 Å². The summed E-state index contributed by atoms with van der Waals surface area (Å²) in [6.07, 6.45) is 1.96. The van der Waals surface area contributed by atoms with Crippen LogP contribution in [0.5, 0.6) is 0 Å². The average Bonchev–Trinajstić information content (AvgIpc) is 2.70. The molecule has 1 heterocycles. The van der Waals surface area contributed by atoms with E-state index in [0.29, 0.717) is 11.0 Å². The lowest BCUT2D eigenvalue weighted by atomic mass is 10.1. The molecule has 4 heteroatoms. The van der Waals surface area contributed by atoms with E-state index >= 15 is 0 Å². The van der Waals surface area contributed by atoms with Crippen LogP contribution in [0, 0.1) is 0 Å². The molecule has 0 saturated carbocycles. The molecule has 94 valence electrons. The zero-order chi connectivity index (χ0) is 12.3. The predicted molar refractivity (Wildman–Crippen MR) is 75.9 cm³/mol. The Morgan fingerprint density at radius 3 is 3.00 bits per heavy atom. The standard InChI is InChI=1S/C13H19NOS2/c1-2-11(14)8-17(15)9-12-7-10-5-3-4-6-13(10)16-12/h3-6,11-12H,2,7-9,14H2,1H3. The molecule has 0 aromatic heterocycles. The zero-order valence-corrected chi connectivity index (χ0v) is 11.7. The highest BCUT2D eigenvalue weighted by Gasteiger charge is 2.23. The minimum Gasteiger partial charge on any atom is -0.327 e. The van der Waals surface area contributed by atoms with Crippen LogP contribution in [0.4, 0.5) is 0 Å². The van der Waals surface area contributed by atoms with Crippen molar-refractivity contribution in [3.05, 3.63) is 29.8 Å². The highest BCUT2D eigenvalue weighted by Crippen LogP contribution is 2.36. The van der Waals surface area contributed by atoms with Crippen LogP contribution in [0.15, 0.2) is 29.2 Å². The van der Waals surface area contributed by atoms with E-state index in [4.69, 9.17) is 5.73 Å². The van der Waals surface area contributed by atoms with E-state index in [1.165, 1.54) is 10.5 Å². The van der Waals surface area contributed by atoms with Gasteiger partial charge in [-0.2, -0.15) is 0 Å². The summed E-state index contributed by atoms with van der Waals surface area (Å²) in [5.41, 5.74) is 7.23. The normalized spacial score (nSPS) is 22.1. The smallest absolute Gasteiger partial charge is 0.0386 e. The molecule has 1 aromatic rings. The molecule has 17 heavy (non-hydrogen) atoms. The Hall–Kier alpha value is -0.320. The van der Waals surface area contributed by atoms with Crippen LogP contribution in [0.2, 0.25) is 0 Å². The average molecular weight is 269 g/mol. The van der Waals surface area contributed by atoms with Crippen molar-refractivity contribution in [2.75, 3.05) is 11.5 Å². The Bertz CT molecular complexity index is 383. The predicted octanol–water partition coefficient (Wildman–Crippen LogP) is 2.19. The van der Waals surface area contributed by atoms with Crippen LogP contribution in [-0.4, -0.2) is 27.0 Å². The lowest BCUT2D eigenvalue weighted by molar-refractivity contribution is 0.662. The van der Waals surface area contributed by atoms with Crippen LogP contribution in [-0.2, 0) is 17.2 Å². The molecule has 2 nitrogen and oxygen atoms in total. The Balaban J connectivity index is 1.85. The largest absolute Gasteiger partial charge is 0.327 e. The second-order valence-corrected chi connectivity index (χ2v) is 7.38. The van der Waals surface area contributed by atoms with Crippen LogP contribution in [0.3, 0.4) is 0 Å². The first kappa shape index (κ1) is 13.1. The molecule has 1 aliphatic heterocycles. The van der Waals surface area contributed by atoms with E-state index in [1.807, 2.05) is 18.7 Å². The molecule has 0 fully saturated rings. The van der Waals surface area contributed by atoms with E-state index in [1.54, 1.807) is 0 Å². The van der Waals surface area contributed by atoms with Gasteiger partial charge < -0.3 is 5.73 Å². The molecule has 2 N–H and O–H groups in total. The third-order valence-corrected chi connectivity index (χ3v) is 6.11.